The predicted octanol–water partition coefficient (Wildman–Crippen LogP) is 1.03. The van der Waals surface area contributed by atoms with Crippen LogP contribution in [0.2, 0.25) is 0 Å². The van der Waals surface area contributed by atoms with Crippen LogP contribution in [-0.4, -0.2) is 36.3 Å². The van der Waals surface area contributed by atoms with Gasteiger partial charge in [0.15, 0.2) is 0 Å². The molecule has 1 saturated heterocycles. The van der Waals surface area contributed by atoms with Crippen molar-refractivity contribution in [3.63, 3.8) is 0 Å². The van der Waals surface area contributed by atoms with Crippen molar-refractivity contribution < 1.29 is 9.59 Å². The maximum absolute atomic E-state index is 11.8. The monoisotopic (exact) mass is 252 g/mol. The highest BCUT2D eigenvalue weighted by Gasteiger charge is 2.20. The minimum atomic E-state index is -0.0529. The number of nitrogens with one attached hydrogen (secondary N) is 1. The van der Waals surface area contributed by atoms with E-state index in [-0.39, 0.29) is 18.4 Å². The fourth-order valence-electron chi connectivity index (χ4n) is 1.88. The van der Waals surface area contributed by atoms with Crippen molar-refractivity contribution in [3.05, 3.63) is 22.4 Å². The first-order chi connectivity index (χ1) is 8.25. The number of aryl methyl sites for hydroxylation is 1. The van der Waals surface area contributed by atoms with E-state index in [1.807, 2.05) is 11.4 Å². The Morgan fingerprint density at radius 1 is 1.53 bits per heavy atom. The summed E-state index contributed by atoms with van der Waals surface area (Å²) in [5.41, 5.74) is 0. The van der Waals surface area contributed by atoms with Crippen LogP contribution in [0.5, 0.6) is 0 Å². The molecule has 5 heteroatoms. The molecule has 92 valence electrons. The van der Waals surface area contributed by atoms with Gasteiger partial charge in [0, 0.05) is 24.4 Å². The van der Waals surface area contributed by atoms with E-state index in [4.69, 9.17) is 0 Å². The Morgan fingerprint density at radius 3 is 3.12 bits per heavy atom. The molecular weight excluding hydrogens is 236 g/mol. The van der Waals surface area contributed by atoms with Gasteiger partial charge in [0.05, 0.1) is 6.54 Å². The van der Waals surface area contributed by atoms with Gasteiger partial charge in [0.2, 0.25) is 11.8 Å². The van der Waals surface area contributed by atoms with E-state index in [9.17, 15) is 9.59 Å². The average Bonchev–Trinajstić information content (AvgIpc) is 2.82. The lowest BCUT2D eigenvalue weighted by Gasteiger charge is -2.26. The smallest absolute Gasteiger partial charge is 0.239 e. The largest absolute Gasteiger partial charge is 0.353 e. The van der Waals surface area contributed by atoms with Crippen molar-refractivity contribution in [2.45, 2.75) is 19.3 Å². The Labute approximate surface area is 105 Å². The summed E-state index contributed by atoms with van der Waals surface area (Å²) in [5, 5.41) is 4.76. The van der Waals surface area contributed by atoms with Crippen LogP contribution in [0.25, 0.3) is 0 Å². The third-order valence-corrected chi connectivity index (χ3v) is 3.72. The molecule has 0 radical (unpaired) electrons. The SMILES string of the molecule is O=C1CN(C(=O)CCCc2cccs2)CCN1. The second-order valence-electron chi connectivity index (χ2n) is 4.10. The van der Waals surface area contributed by atoms with Crippen LogP contribution in [0.3, 0.4) is 0 Å². The van der Waals surface area contributed by atoms with Crippen LogP contribution in [0.1, 0.15) is 17.7 Å². The van der Waals surface area contributed by atoms with Gasteiger partial charge in [-0.25, -0.2) is 0 Å². The fraction of sp³-hybridized carbons (Fsp3) is 0.500. The Kier molecular flexibility index (Phi) is 4.14. The second-order valence-corrected chi connectivity index (χ2v) is 5.13. The molecular formula is C12H16N2O2S. The molecule has 0 aliphatic carbocycles. The predicted molar refractivity (Wildman–Crippen MR) is 66.8 cm³/mol. The molecule has 2 rings (SSSR count). The van der Waals surface area contributed by atoms with E-state index in [1.54, 1.807) is 16.2 Å². The molecule has 0 saturated carbocycles. The van der Waals surface area contributed by atoms with Crippen LogP contribution < -0.4 is 5.32 Å². The maximum atomic E-state index is 11.8. The van der Waals surface area contributed by atoms with E-state index in [2.05, 4.69) is 11.4 Å². The summed E-state index contributed by atoms with van der Waals surface area (Å²) in [5.74, 6) is 0.0410. The number of rotatable bonds is 4. The highest BCUT2D eigenvalue weighted by molar-refractivity contribution is 7.09. The molecule has 0 unspecified atom stereocenters. The molecule has 0 bridgehead atoms. The molecule has 4 nitrogen and oxygen atoms in total. The van der Waals surface area contributed by atoms with Gasteiger partial charge in [-0.15, -0.1) is 11.3 Å². The van der Waals surface area contributed by atoms with Crippen molar-refractivity contribution in [1.82, 2.24) is 10.2 Å². The third-order valence-electron chi connectivity index (χ3n) is 2.78. The molecule has 17 heavy (non-hydrogen) atoms. The molecule has 1 aliphatic rings. The van der Waals surface area contributed by atoms with E-state index in [1.165, 1.54) is 4.88 Å². The number of carbonyl (C=O) groups excluding carboxylic acids is 2. The number of hydrogen-bond donors (Lipinski definition) is 1. The molecule has 0 atom stereocenters. The minimum Gasteiger partial charge on any atom is -0.353 e. The molecule has 1 aliphatic heterocycles. The van der Waals surface area contributed by atoms with E-state index in [0.717, 1.165) is 12.8 Å². The maximum Gasteiger partial charge on any atom is 0.239 e. The van der Waals surface area contributed by atoms with Gasteiger partial charge in [-0.3, -0.25) is 9.59 Å². The van der Waals surface area contributed by atoms with Crippen LogP contribution in [0, 0.1) is 0 Å². The summed E-state index contributed by atoms with van der Waals surface area (Å²) in [6, 6.07) is 4.11. The summed E-state index contributed by atoms with van der Waals surface area (Å²) in [6.45, 7) is 1.44. The molecule has 2 heterocycles. The van der Waals surface area contributed by atoms with Gasteiger partial charge in [-0.05, 0) is 24.3 Å². The van der Waals surface area contributed by atoms with Crippen LogP contribution in [-0.2, 0) is 16.0 Å². The van der Waals surface area contributed by atoms with Crippen molar-refractivity contribution in [3.8, 4) is 0 Å². The fourth-order valence-corrected chi connectivity index (χ4v) is 2.63. The molecule has 0 aromatic carbocycles. The standard InChI is InChI=1S/C12H16N2O2S/c15-11-9-14(7-6-13-11)12(16)5-1-3-10-4-2-8-17-10/h2,4,8H,1,3,5-7,9H2,(H,13,15). The van der Waals surface area contributed by atoms with Crippen molar-refractivity contribution >= 4 is 23.2 Å². The lowest BCUT2D eigenvalue weighted by atomic mass is 10.2. The van der Waals surface area contributed by atoms with Crippen LogP contribution >= 0.6 is 11.3 Å². The summed E-state index contributed by atoms with van der Waals surface area (Å²) >= 11 is 1.72. The van der Waals surface area contributed by atoms with E-state index < -0.39 is 0 Å². The van der Waals surface area contributed by atoms with Gasteiger partial charge in [-0.2, -0.15) is 0 Å². The first-order valence-corrected chi connectivity index (χ1v) is 6.70. The molecule has 1 aromatic rings. The number of carbonyl (C=O) groups is 2. The number of hydrogen-bond acceptors (Lipinski definition) is 3. The topological polar surface area (TPSA) is 49.4 Å². The van der Waals surface area contributed by atoms with E-state index in [0.29, 0.717) is 19.5 Å². The summed E-state index contributed by atoms with van der Waals surface area (Å²) in [7, 11) is 0. The van der Waals surface area contributed by atoms with Crippen molar-refractivity contribution in [1.29, 1.82) is 0 Å². The number of amides is 2. The zero-order valence-electron chi connectivity index (χ0n) is 9.65. The van der Waals surface area contributed by atoms with Crippen LogP contribution in [0.4, 0.5) is 0 Å². The second kappa shape index (κ2) is 5.82. The van der Waals surface area contributed by atoms with Gasteiger partial charge in [0.1, 0.15) is 0 Å². The lowest BCUT2D eigenvalue weighted by Crippen LogP contribution is -2.49. The summed E-state index contributed by atoms with van der Waals surface area (Å²) in [4.78, 5) is 25.9. The van der Waals surface area contributed by atoms with Crippen molar-refractivity contribution in [2.24, 2.45) is 0 Å². The molecule has 2 amide bonds. The zero-order chi connectivity index (χ0) is 12.1. The molecule has 1 N–H and O–H groups in total. The first kappa shape index (κ1) is 12.1. The zero-order valence-corrected chi connectivity index (χ0v) is 10.5. The number of thiophene rings is 1. The molecule has 1 aromatic heterocycles. The quantitative estimate of drug-likeness (QED) is 0.870. The Bertz CT molecular complexity index is 389. The Morgan fingerprint density at radius 2 is 2.41 bits per heavy atom. The highest BCUT2D eigenvalue weighted by atomic mass is 32.1. The molecule has 1 fully saturated rings. The normalized spacial score (nSPS) is 15.8. The van der Waals surface area contributed by atoms with Gasteiger partial charge in [-0.1, -0.05) is 6.07 Å². The summed E-state index contributed by atoms with van der Waals surface area (Å²) in [6.07, 6.45) is 2.34. The lowest BCUT2D eigenvalue weighted by molar-refractivity contribution is -0.138. The number of nitrogens with zero attached hydrogens (tertiary/aromatic N) is 1. The third kappa shape index (κ3) is 3.56. The van der Waals surface area contributed by atoms with Gasteiger partial charge < -0.3 is 10.2 Å². The Balaban J connectivity index is 1.71. The highest BCUT2D eigenvalue weighted by Crippen LogP contribution is 2.12. The molecule has 0 spiro atoms. The first-order valence-electron chi connectivity index (χ1n) is 5.82. The minimum absolute atomic E-state index is 0.0529. The Hall–Kier alpha value is -1.36. The average molecular weight is 252 g/mol. The van der Waals surface area contributed by atoms with Gasteiger partial charge >= 0.3 is 0 Å². The van der Waals surface area contributed by atoms with E-state index >= 15 is 0 Å². The van der Waals surface area contributed by atoms with Crippen molar-refractivity contribution in [2.75, 3.05) is 19.6 Å². The summed E-state index contributed by atoms with van der Waals surface area (Å²) < 4.78 is 0. The van der Waals surface area contributed by atoms with Gasteiger partial charge in [0.25, 0.3) is 0 Å². The number of piperazine rings is 1. The van der Waals surface area contributed by atoms with Crippen LogP contribution in [0.15, 0.2) is 17.5 Å².